The van der Waals surface area contributed by atoms with E-state index in [1.165, 1.54) is 12.0 Å². The Morgan fingerprint density at radius 3 is 2.59 bits per heavy atom. The molecule has 1 fully saturated rings. The molecular formula is C39H49ClN2O9. The Balaban J connectivity index is 1.73. The first kappa shape index (κ1) is 38.3. The summed E-state index contributed by atoms with van der Waals surface area (Å²) in [4.78, 5) is 31.9. The van der Waals surface area contributed by atoms with E-state index in [9.17, 15) is 19.8 Å². The van der Waals surface area contributed by atoms with Crippen LogP contribution in [0.1, 0.15) is 66.8 Å². The van der Waals surface area contributed by atoms with Gasteiger partial charge in [-0.3, -0.25) is 4.79 Å². The summed E-state index contributed by atoms with van der Waals surface area (Å²) >= 11 is 5.88. The third-order valence-corrected chi connectivity index (χ3v) is 10.3. The number of hydrogen-bond donors (Lipinski definition) is 2. The molecule has 6 unspecified atom stereocenters. The van der Waals surface area contributed by atoms with Crippen LogP contribution in [0.4, 0.5) is 4.79 Å². The molecule has 2 aromatic rings. The normalized spacial score (nSPS) is 25.5. The van der Waals surface area contributed by atoms with E-state index in [1.807, 2.05) is 18.2 Å². The number of carbonyl (C=O) groups excluding carboxylic acids is 2. The van der Waals surface area contributed by atoms with Crippen LogP contribution in [0.3, 0.4) is 0 Å². The van der Waals surface area contributed by atoms with Crippen molar-refractivity contribution in [2.24, 2.45) is 22.9 Å². The van der Waals surface area contributed by atoms with E-state index < -0.39 is 23.8 Å². The Bertz CT molecular complexity index is 1580. The van der Waals surface area contributed by atoms with Crippen molar-refractivity contribution in [3.8, 4) is 17.2 Å². The van der Waals surface area contributed by atoms with Crippen LogP contribution in [0.25, 0.3) is 0 Å². The minimum Gasteiger partial charge on any atom is -0.459 e. The third kappa shape index (κ3) is 8.27. The molecule has 0 spiro atoms. The second-order valence-corrected chi connectivity index (χ2v) is 13.5. The number of aliphatic hydroxyl groups is 2. The van der Waals surface area contributed by atoms with E-state index in [1.54, 1.807) is 37.4 Å². The summed E-state index contributed by atoms with van der Waals surface area (Å²) in [6.07, 6.45) is 8.98. The second kappa shape index (κ2) is 18.0. The van der Waals surface area contributed by atoms with Gasteiger partial charge in [-0.1, -0.05) is 42.3 Å². The number of oxime groups is 1. The highest BCUT2D eigenvalue weighted by molar-refractivity contribution is 6.18. The summed E-state index contributed by atoms with van der Waals surface area (Å²) in [7, 11) is 3.17. The Kier molecular flexibility index (Phi) is 13.6. The van der Waals surface area contributed by atoms with E-state index in [-0.39, 0.29) is 56.5 Å². The fourth-order valence-electron chi connectivity index (χ4n) is 8.04. The van der Waals surface area contributed by atoms with Crippen molar-refractivity contribution in [3.63, 3.8) is 0 Å². The fourth-order valence-corrected chi connectivity index (χ4v) is 8.12. The number of allylic oxidation sites excluding steroid dienone is 1. The molecule has 0 saturated heterocycles. The molecule has 1 amide bonds. The van der Waals surface area contributed by atoms with Crippen LogP contribution in [-0.2, 0) is 14.3 Å². The van der Waals surface area contributed by atoms with Gasteiger partial charge in [0.05, 0.1) is 24.1 Å². The lowest BCUT2D eigenvalue weighted by Gasteiger charge is -2.59. The van der Waals surface area contributed by atoms with Gasteiger partial charge in [-0.05, 0) is 73.4 Å². The molecule has 2 N–H and O–H groups in total. The molecular weight excluding hydrogens is 676 g/mol. The maximum Gasteiger partial charge on any atom is 0.410 e. The first-order chi connectivity index (χ1) is 24.8. The Labute approximate surface area is 304 Å². The number of rotatable bonds is 18. The molecule has 51 heavy (non-hydrogen) atoms. The van der Waals surface area contributed by atoms with Gasteiger partial charge in [0.2, 0.25) is 5.79 Å². The molecule has 11 nitrogen and oxygen atoms in total. The molecule has 2 aromatic carbocycles. The highest BCUT2D eigenvalue weighted by atomic mass is 35.5. The van der Waals surface area contributed by atoms with Gasteiger partial charge in [0.25, 0.3) is 0 Å². The van der Waals surface area contributed by atoms with Crippen molar-refractivity contribution in [2.75, 3.05) is 46.5 Å². The number of fused-ring (bicyclic) bond motifs is 2. The van der Waals surface area contributed by atoms with E-state index in [2.05, 4.69) is 17.8 Å². The first-order valence-corrected chi connectivity index (χ1v) is 18.2. The van der Waals surface area contributed by atoms with E-state index in [0.29, 0.717) is 41.4 Å². The number of ether oxygens (including phenoxy) is 4. The maximum atomic E-state index is 13.5. The van der Waals surface area contributed by atoms with Gasteiger partial charge in [0.1, 0.15) is 43.3 Å². The number of aldehydes is 1. The van der Waals surface area contributed by atoms with Crippen LogP contribution in [0.5, 0.6) is 17.2 Å². The lowest BCUT2D eigenvalue weighted by molar-refractivity contribution is -0.253. The van der Waals surface area contributed by atoms with Crippen molar-refractivity contribution in [3.05, 3.63) is 77.9 Å². The van der Waals surface area contributed by atoms with Gasteiger partial charge in [-0.25, -0.2) is 4.79 Å². The summed E-state index contributed by atoms with van der Waals surface area (Å²) in [5, 5.41) is 24.0. The Morgan fingerprint density at radius 2 is 1.88 bits per heavy atom. The second-order valence-electron chi connectivity index (χ2n) is 13.2. The van der Waals surface area contributed by atoms with Gasteiger partial charge in [-0.15, -0.1) is 18.2 Å². The molecule has 0 bridgehead atoms. The number of likely N-dealkylation sites (N-methyl/N-ethyl adjacent to an activating group) is 1. The molecule has 5 rings (SSSR count). The zero-order valence-electron chi connectivity index (χ0n) is 29.4. The lowest BCUT2D eigenvalue weighted by Crippen LogP contribution is -2.69. The molecule has 1 aliphatic heterocycles. The summed E-state index contributed by atoms with van der Waals surface area (Å²) in [6.45, 7) is 4.31. The van der Waals surface area contributed by atoms with Crippen LogP contribution < -0.4 is 9.47 Å². The SMILES string of the molecule is C=CCOC12Oc3ccc(Oc4cccc(C=O)c4)cc3C3C(CCCCO)C(CCCCO)C=C(C(=NOC)CC1N(C)C(=O)OCCCl)C32. The predicted octanol–water partition coefficient (Wildman–Crippen LogP) is 6.86. The van der Waals surface area contributed by atoms with E-state index >= 15 is 0 Å². The molecule has 6 atom stereocenters. The molecule has 2 aliphatic carbocycles. The standard InChI is InChI=1S/C39H49ClN2O9/c1-4-19-49-39-35(42(2)38(46)48-20-16-40)24-33(41-47-3)31-22-27(11-5-7-17-43)30(13-6-8-18-44)36(37(31)39)32-23-29(14-15-34(32)51-39)50-28-12-9-10-26(21-28)25-45/h4,9-10,12,14-15,21-23,25,27,30,35-37,43-44H,1,5-8,11,13,16-20,24H2,2-3H3. The van der Waals surface area contributed by atoms with Gasteiger partial charge in [0.15, 0.2) is 0 Å². The number of benzene rings is 2. The van der Waals surface area contributed by atoms with Crippen LogP contribution in [-0.4, -0.2) is 91.5 Å². The van der Waals surface area contributed by atoms with E-state index in [0.717, 1.165) is 43.1 Å². The number of halogens is 1. The van der Waals surface area contributed by atoms with Crippen molar-refractivity contribution >= 4 is 29.7 Å². The van der Waals surface area contributed by atoms with Gasteiger partial charge in [-0.2, -0.15) is 0 Å². The molecule has 1 heterocycles. The summed E-state index contributed by atoms with van der Waals surface area (Å²) in [6, 6.07) is 12.0. The number of nitrogens with zero attached hydrogens (tertiary/aromatic N) is 2. The Morgan fingerprint density at radius 1 is 1.12 bits per heavy atom. The van der Waals surface area contributed by atoms with Crippen molar-refractivity contribution in [1.29, 1.82) is 0 Å². The largest absolute Gasteiger partial charge is 0.459 e. The molecule has 1 saturated carbocycles. The van der Waals surface area contributed by atoms with Crippen LogP contribution in [0, 0.1) is 17.8 Å². The fraction of sp³-hybridized carbons (Fsp3) is 0.513. The van der Waals surface area contributed by atoms with Crippen molar-refractivity contribution in [2.45, 2.75) is 62.7 Å². The topological polar surface area (TPSA) is 136 Å². The summed E-state index contributed by atoms with van der Waals surface area (Å²) in [5.74, 6) is -0.0617. The minimum absolute atomic E-state index is 0.0405. The lowest BCUT2D eigenvalue weighted by atomic mass is 9.55. The van der Waals surface area contributed by atoms with Crippen LogP contribution >= 0.6 is 11.6 Å². The zero-order chi connectivity index (χ0) is 36.4. The van der Waals surface area contributed by atoms with Crippen LogP contribution in [0.15, 0.2) is 71.9 Å². The highest BCUT2D eigenvalue weighted by Gasteiger charge is 2.65. The van der Waals surface area contributed by atoms with Gasteiger partial charge >= 0.3 is 6.09 Å². The number of aliphatic hydroxyl groups excluding tert-OH is 2. The first-order valence-electron chi connectivity index (χ1n) is 17.7. The molecule has 0 radical (unpaired) electrons. The average molecular weight is 725 g/mol. The maximum absolute atomic E-state index is 13.5. The quantitative estimate of drug-likeness (QED) is 0.0556. The van der Waals surface area contributed by atoms with Crippen molar-refractivity contribution in [1.82, 2.24) is 4.90 Å². The predicted molar refractivity (Wildman–Crippen MR) is 194 cm³/mol. The highest BCUT2D eigenvalue weighted by Crippen LogP contribution is 2.61. The average Bonchev–Trinajstić information content (AvgIpc) is 3.14. The minimum atomic E-state index is -1.38. The smallest absolute Gasteiger partial charge is 0.410 e. The number of amides is 1. The van der Waals surface area contributed by atoms with Gasteiger partial charge < -0.3 is 38.9 Å². The Hall–Kier alpha value is -3.90. The van der Waals surface area contributed by atoms with E-state index in [4.69, 9.17) is 35.4 Å². The number of hydrogen-bond acceptors (Lipinski definition) is 10. The number of carbonyl (C=O) groups is 2. The molecule has 276 valence electrons. The summed E-state index contributed by atoms with van der Waals surface area (Å²) in [5.41, 5.74) is 3.02. The number of alkyl halides is 1. The third-order valence-electron chi connectivity index (χ3n) is 10.1. The molecule has 3 aliphatic rings. The van der Waals surface area contributed by atoms with Crippen LogP contribution in [0.2, 0.25) is 0 Å². The molecule has 0 aromatic heterocycles. The van der Waals surface area contributed by atoms with Crippen molar-refractivity contribution < 1.29 is 43.6 Å². The monoisotopic (exact) mass is 724 g/mol. The summed E-state index contributed by atoms with van der Waals surface area (Å²) < 4.78 is 25.7. The van der Waals surface area contributed by atoms with Gasteiger partial charge in [0, 0.05) is 43.7 Å². The molecule has 12 heteroatoms. The zero-order valence-corrected chi connectivity index (χ0v) is 30.1. The number of unbranched alkanes of at least 4 members (excludes halogenated alkanes) is 2.